The van der Waals surface area contributed by atoms with Gasteiger partial charge in [-0.15, -0.1) is 0 Å². The van der Waals surface area contributed by atoms with E-state index in [4.69, 9.17) is 9.88 Å². The number of primary sulfonamides is 1. The minimum absolute atomic E-state index is 0.0270. The standard InChI is InChI=1S/C14H16N2O5S2/c1-21-12-4-8-14(9-5-12)23(19,20)16-10-11-2-6-13(7-3-11)22(15,17)18/h2-9,16H,10H2,1H3,(H2,15,17,18). The molecule has 0 aliphatic heterocycles. The number of methoxy groups -OCH3 is 1. The third-order valence-electron chi connectivity index (χ3n) is 3.09. The number of nitrogens with two attached hydrogens (primary N) is 1. The maximum absolute atomic E-state index is 12.2. The van der Waals surface area contributed by atoms with Crippen molar-refractivity contribution >= 4 is 20.0 Å². The van der Waals surface area contributed by atoms with Crippen molar-refractivity contribution in [1.82, 2.24) is 4.72 Å². The molecule has 9 heteroatoms. The highest BCUT2D eigenvalue weighted by Crippen LogP contribution is 2.16. The normalized spacial score (nSPS) is 12.1. The molecule has 0 amide bonds. The monoisotopic (exact) mass is 356 g/mol. The van der Waals surface area contributed by atoms with Crippen molar-refractivity contribution in [3.05, 3.63) is 54.1 Å². The molecule has 0 spiro atoms. The van der Waals surface area contributed by atoms with E-state index >= 15 is 0 Å². The van der Waals surface area contributed by atoms with Gasteiger partial charge in [-0.1, -0.05) is 12.1 Å². The molecule has 2 rings (SSSR count). The SMILES string of the molecule is COc1ccc(S(=O)(=O)NCc2ccc(S(N)(=O)=O)cc2)cc1. The van der Waals surface area contributed by atoms with Crippen LogP contribution in [0.4, 0.5) is 0 Å². The van der Waals surface area contributed by atoms with Gasteiger partial charge in [0.25, 0.3) is 0 Å². The number of ether oxygens (including phenoxy) is 1. The highest BCUT2D eigenvalue weighted by Gasteiger charge is 2.14. The zero-order chi connectivity index (χ0) is 17.1. The Kier molecular flexibility index (Phi) is 5.05. The van der Waals surface area contributed by atoms with E-state index in [2.05, 4.69) is 4.72 Å². The van der Waals surface area contributed by atoms with E-state index in [0.29, 0.717) is 11.3 Å². The Hall–Kier alpha value is -1.94. The number of nitrogens with one attached hydrogen (secondary N) is 1. The average Bonchev–Trinajstić information content (AvgIpc) is 2.53. The predicted molar refractivity (Wildman–Crippen MR) is 84.8 cm³/mol. The van der Waals surface area contributed by atoms with Crippen LogP contribution in [0.1, 0.15) is 5.56 Å². The van der Waals surface area contributed by atoms with Crippen molar-refractivity contribution in [2.75, 3.05) is 7.11 Å². The van der Waals surface area contributed by atoms with Gasteiger partial charge in [-0.2, -0.15) is 0 Å². The van der Waals surface area contributed by atoms with Crippen LogP contribution in [0.25, 0.3) is 0 Å². The van der Waals surface area contributed by atoms with E-state index < -0.39 is 20.0 Å². The van der Waals surface area contributed by atoms with Crippen LogP contribution in [-0.4, -0.2) is 23.9 Å². The predicted octanol–water partition coefficient (Wildman–Crippen LogP) is 0.821. The number of rotatable bonds is 6. The molecule has 0 heterocycles. The van der Waals surface area contributed by atoms with Crippen molar-refractivity contribution in [1.29, 1.82) is 0 Å². The number of benzene rings is 2. The molecule has 0 aliphatic carbocycles. The van der Waals surface area contributed by atoms with E-state index in [-0.39, 0.29) is 16.3 Å². The highest BCUT2D eigenvalue weighted by atomic mass is 32.2. The summed E-state index contributed by atoms with van der Waals surface area (Å²) in [4.78, 5) is 0.0821. The number of hydrogen-bond donors (Lipinski definition) is 2. The molecule has 0 fully saturated rings. The molecule has 0 bridgehead atoms. The lowest BCUT2D eigenvalue weighted by Crippen LogP contribution is -2.23. The van der Waals surface area contributed by atoms with E-state index in [1.165, 1.54) is 43.5 Å². The molecule has 23 heavy (non-hydrogen) atoms. The van der Waals surface area contributed by atoms with Crippen LogP contribution < -0.4 is 14.6 Å². The van der Waals surface area contributed by atoms with Gasteiger partial charge in [0.05, 0.1) is 16.9 Å². The van der Waals surface area contributed by atoms with Gasteiger partial charge in [0.15, 0.2) is 0 Å². The van der Waals surface area contributed by atoms with Gasteiger partial charge in [0.1, 0.15) is 5.75 Å². The van der Waals surface area contributed by atoms with Gasteiger partial charge in [-0.25, -0.2) is 26.7 Å². The summed E-state index contributed by atoms with van der Waals surface area (Å²) in [6.07, 6.45) is 0. The Bertz CT molecular complexity index is 874. The second kappa shape index (κ2) is 6.67. The third kappa shape index (κ3) is 4.52. The molecule has 0 aliphatic rings. The Morgan fingerprint density at radius 1 is 0.913 bits per heavy atom. The van der Waals surface area contributed by atoms with Gasteiger partial charge in [-0.3, -0.25) is 0 Å². The van der Waals surface area contributed by atoms with Gasteiger partial charge in [-0.05, 0) is 42.0 Å². The third-order valence-corrected chi connectivity index (χ3v) is 5.43. The minimum atomic E-state index is -3.76. The Balaban J connectivity index is 2.09. The maximum atomic E-state index is 12.2. The summed E-state index contributed by atoms with van der Waals surface area (Å²) in [5.74, 6) is 0.558. The van der Waals surface area contributed by atoms with Crippen molar-refractivity contribution in [3.63, 3.8) is 0 Å². The summed E-state index contributed by atoms with van der Waals surface area (Å²) in [6, 6.07) is 11.6. The minimum Gasteiger partial charge on any atom is -0.497 e. The molecule has 7 nitrogen and oxygen atoms in total. The van der Waals surface area contributed by atoms with Crippen LogP contribution >= 0.6 is 0 Å². The fourth-order valence-electron chi connectivity index (χ4n) is 1.81. The topological polar surface area (TPSA) is 116 Å². The first-order chi connectivity index (χ1) is 10.7. The van der Waals surface area contributed by atoms with Crippen molar-refractivity contribution in [2.45, 2.75) is 16.3 Å². The zero-order valence-electron chi connectivity index (χ0n) is 12.3. The fraction of sp³-hybridized carbons (Fsp3) is 0.143. The molecule has 0 saturated carbocycles. The molecule has 0 aromatic heterocycles. The van der Waals surface area contributed by atoms with Gasteiger partial charge in [0.2, 0.25) is 20.0 Å². The van der Waals surface area contributed by atoms with Crippen molar-refractivity contribution < 1.29 is 21.6 Å². The van der Waals surface area contributed by atoms with Crippen molar-refractivity contribution in [2.24, 2.45) is 5.14 Å². The molecule has 0 atom stereocenters. The number of hydrogen-bond acceptors (Lipinski definition) is 5. The maximum Gasteiger partial charge on any atom is 0.240 e. The quantitative estimate of drug-likeness (QED) is 0.795. The zero-order valence-corrected chi connectivity index (χ0v) is 13.9. The summed E-state index contributed by atoms with van der Waals surface area (Å²) in [5, 5.41) is 5.00. The van der Waals surface area contributed by atoms with E-state index in [9.17, 15) is 16.8 Å². The lowest BCUT2D eigenvalue weighted by molar-refractivity contribution is 0.414. The molecule has 0 saturated heterocycles. The molecular formula is C14H16N2O5S2. The van der Waals surface area contributed by atoms with Crippen LogP contribution in [0.3, 0.4) is 0 Å². The summed E-state index contributed by atoms with van der Waals surface area (Å²) in [5.41, 5.74) is 0.606. The van der Waals surface area contributed by atoms with E-state index in [1.54, 1.807) is 12.1 Å². The highest BCUT2D eigenvalue weighted by molar-refractivity contribution is 7.89. The molecule has 2 aromatic rings. The lowest BCUT2D eigenvalue weighted by atomic mass is 10.2. The molecule has 0 radical (unpaired) electrons. The lowest BCUT2D eigenvalue weighted by Gasteiger charge is -2.08. The van der Waals surface area contributed by atoms with Crippen LogP contribution in [0.2, 0.25) is 0 Å². The van der Waals surface area contributed by atoms with E-state index in [1.807, 2.05) is 0 Å². The van der Waals surface area contributed by atoms with Crippen molar-refractivity contribution in [3.8, 4) is 5.75 Å². The second-order valence-electron chi connectivity index (χ2n) is 4.69. The molecular weight excluding hydrogens is 340 g/mol. The molecule has 124 valence electrons. The van der Waals surface area contributed by atoms with Gasteiger partial charge >= 0.3 is 0 Å². The van der Waals surface area contributed by atoms with Gasteiger partial charge in [0, 0.05) is 6.54 Å². The summed E-state index contributed by atoms with van der Waals surface area (Å²) in [6.45, 7) is 0.0270. The number of sulfonamides is 2. The van der Waals surface area contributed by atoms with Crippen LogP contribution in [0.15, 0.2) is 58.3 Å². The largest absolute Gasteiger partial charge is 0.497 e. The van der Waals surface area contributed by atoms with Crippen LogP contribution in [-0.2, 0) is 26.6 Å². The Morgan fingerprint density at radius 2 is 1.43 bits per heavy atom. The summed E-state index contributed by atoms with van der Waals surface area (Å²) in [7, 11) is -5.94. The molecule has 3 N–H and O–H groups in total. The Morgan fingerprint density at radius 3 is 1.91 bits per heavy atom. The van der Waals surface area contributed by atoms with Crippen LogP contribution in [0, 0.1) is 0 Å². The smallest absolute Gasteiger partial charge is 0.240 e. The molecule has 0 unspecified atom stereocenters. The first kappa shape index (κ1) is 17.4. The first-order valence-corrected chi connectivity index (χ1v) is 9.51. The fourth-order valence-corrected chi connectivity index (χ4v) is 3.35. The summed E-state index contributed by atoms with van der Waals surface area (Å²) < 4.78 is 54.0. The molecule has 2 aromatic carbocycles. The summed E-state index contributed by atoms with van der Waals surface area (Å²) >= 11 is 0. The Labute approximate surface area is 135 Å². The average molecular weight is 356 g/mol. The van der Waals surface area contributed by atoms with Gasteiger partial charge < -0.3 is 4.74 Å². The first-order valence-electron chi connectivity index (χ1n) is 6.48. The van der Waals surface area contributed by atoms with E-state index in [0.717, 1.165) is 0 Å². The second-order valence-corrected chi connectivity index (χ2v) is 8.02. The van der Waals surface area contributed by atoms with Crippen LogP contribution in [0.5, 0.6) is 5.75 Å².